The van der Waals surface area contributed by atoms with Crippen LogP contribution >= 0.6 is 0 Å². The van der Waals surface area contributed by atoms with Gasteiger partial charge in [0.25, 0.3) is 0 Å². The molecule has 142 valence electrons. The third-order valence-electron chi connectivity index (χ3n) is 3.86. The lowest BCUT2D eigenvalue weighted by Gasteiger charge is -2.26. The molecule has 0 unspecified atom stereocenters. The van der Waals surface area contributed by atoms with Crippen LogP contribution in [0.25, 0.3) is 0 Å². The van der Waals surface area contributed by atoms with E-state index in [2.05, 4.69) is 27.4 Å². The topological polar surface area (TPSA) is 83.0 Å². The maximum Gasteiger partial charge on any atom is 0.191 e. The number of hydrogen-bond acceptors (Lipinski definition) is 5. The summed E-state index contributed by atoms with van der Waals surface area (Å²) >= 11 is 0. The van der Waals surface area contributed by atoms with E-state index in [1.807, 2.05) is 6.92 Å². The van der Waals surface area contributed by atoms with Crippen LogP contribution in [-0.2, 0) is 14.6 Å². The van der Waals surface area contributed by atoms with E-state index >= 15 is 0 Å². The summed E-state index contributed by atoms with van der Waals surface area (Å²) in [7, 11) is -2.80. The second-order valence-corrected chi connectivity index (χ2v) is 8.30. The fourth-order valence-electron chi connectivity index (χ4n) is 2.35. The number of sulfone groups is 1. The molecule has 0 atom stereocenters. The molecule has 0 spiro atoms. The van der Waals surface area contributed by atoms with Gasteiger partial charge in [-0.05, 0) is 19.8 Å². The van der Waals surface area contributed by atoms with Gasteiger partial charge in [0.2, 0.25) is 0 Å². The standard InChI is InChI=1S/C16H34N4O3S/c1-3-5-12-23-13-6-7-18-16(17-4-2)19-8-9-20-10-14-24(21,22)15-11-20/h3-15H2,1-2H3,(H2,17,18,19). The summed E-state index contributed by atoms with van der Waals surface area (Å²) in [6, 6.07) is 0. The highest BCUT2D eigenvalue weighted by molar-refractivity contribution is 7.91. The SMILES string of the molecule is CCCCOCCCN=C(NCC)NCCN1CCS(=O)(=O)CC1. The first-order valence-corrected chi connectivity index (χ1v) is 10.9. The second kappa shape index (κ2) is 12.5. The molecule has 0 bridgehead atoms. The highest BCUT2D eigenvalue weighted by Crippen LogP contribution is 2.02. The summed E-state index contributed by atoms with van der Waals surface area (Å²) in [5.74, 6) is 1.37. The van der Waals surface area contributed by atoms with Gasteiger partial charge in [-0.2, -0.15) is 0 Å². The minimum absolute atomic E-state index is 0.277. The monoisotopic (exact) mass is 362 g/mol. The van der Waals surface area contributed by atoms with Gasteiger partial charge in [-0.15, -0.1) is 0 Å². The van der Waals surface area contributed by atoms with E-state index in [1.54, 1.807) is 0 Å². The Morgan fingerprint density at radius 3 is 2.50 bits per heavy atom. The van der Waals surface area contributed by atoms with Gasteiger partial charge >= 0.3 is 0 Å². The van der Waals surface area contributed by atoms with Crippen molar-refractivity contribution in [1.82, 2.24) is 15.5 Å². The number of nitrogens with zero attached hydrogens (tertiary/aromatic N) is 2. The fourth-order valence-corrected chi connectivity index (χ4v) is 3.63. The number of aliphatic imine (C=N–C) groups is 1. The number of hydrogen-bond donors (Lipinski definition) is 2. The van der Waals surface area contributed by atoms with Gasteiger partial charge in [0.05, 0.1) is 11.5 Å². The van der Waals surface area contributed by atoms with E-state index in [-0.39, 0.29) is 11.5 Å². The molecule has 7 nitrogen and oxygen atoms in total. The maximum absolute atomic E-state index is 11.4. The van der Waals surface area contributed by atoms with Crippen molar-refractivity contribution in [2.45, 2.75) is 33.1 Å². The molecule has 0 amide bonds. The molecule has 0 aromatic rings. The molecule has 24 heavy (non-hydrogen) atoms. The molecule has 0 saturated carbocycles. The van der Waals surface area contributed by atoms with Crippen LogP contribution in [0, 0.1) is 0 Å². The Kier molecular flexibility index (Phi) is 11.0. The normalized spacial score (nSPS) is 18.5. The van der Waals surface area contributed by atoms with Crippen molar-refractivity contribution in [3.05, 3.63) is 0 Å². The van der Waals surface area contributed by atoms with Crippen LogP contribution in [0.1, 0.15) is 33.1 Å². The van der Waals surface area contributed by atoms with Gasteiger partial charge in [0.15, 0.2) is 15.8 Å². The molecular weight excluding hydrogens is 328 g/mol. The lowest BCUT2D eigenvalue weighted by molar-refractivity contribution is 0.130. The molecule has 1 fully saturated rings. The molecule has 1 saturated heterocycles. The van der Waals surface area contributed by atoms with E-state index in [9.17, 15) is 8.42 Å². The van der Waals surface area contributed by atoms with Crippen LogP contribution in [0.3, 0.4) is 0 Å². The molecule has 2 N–H and O–H groups in total. The molecule has 0 aromatic heterocycles. The molecule has 1 aliphatic heterocycles. The van der Waals surface area contributed by atoms with Gasteiger partial charge in [0.1, 0.15) is 0 Å². The maximum atomic E-state index is 11.4. The Bertz CT molecular complexity index is 440. The molecule has 0 aliphatic carbocycles. The van der Waals surface area contributed by atoms with Crippen LogP contribution in [-0.4, -0.2) is 83.3 Å². The summed E-state index contributed by atoms with van der Waals surface area (Å²) < 4.78 is 28.4. The Hall–Kier alpha value is -0.860. The summed E-state index contributed by atoms with van der Waals surface area (Å²) in [6.07, 6.45) is 3.20. The highest BCUT2D eigenvalue weighted by atomic mass is 32.2. The van der Waals surface area contributed by atoms with Crippen LogP contribution in [0.2, 0.25) is 0 Å². The zero-order valence-corrected chi connectivity index (χ0v) is 16.0. The first-order chi connectivity index (χ1) is 11.6. The molecule has 1 aliphatic rings. The molecule has 0 radical (unpaired) electrons. The minimum atomic E-state index is -2.80. The zero-order chi connectivity index (χ0) is 17.7. The van der Waals surface area contributed by atoms with Gasteiger partial charge in [-0.1, -0.05) is 13.3 Å². The number of ether oxygens (including phenoxy) is 1. The van der Waals surface area contributed by atoms with Crippen molar-refractivity contribution in [1.29, 1.82) is 0 Å². The first kappa shape index (κ1) is 21.2. The summed E-state index contributed by atoms with van der Waals surface area (Å²) in [4.78, 5) is 6.72. The molecule has 8 heteroatoms. The molecular formula is C16H34N4O3S. The summed E-state index contributed by atoms with van der Waals surface area (Å²) in [5.41, 5.74) is 0. The van der Waals surface area contributed by atoms with Gasteiger partial charge in [-0.25, -0.2) is 8.42 Å². The lowest BCUT2D eigenvalue weighted by Crippen LogP contribution is -2.46. The van der Waals surface area contributed by atoms with Crippen molar-refractivity contribution in [2.75, 3.05) is 64.0 Å². The zero-order valence-electron chi connectivity index (χ0n) is 15.2. The fraction of sp³-hybridized carbons (Fsp3) is 0.938. The highest BCUT2D eigenvalue weighted by Gasteiger charge is 2.20. The average molecular weight is 363 g/mol. The van der Waals surface area contributed by atoms with Gasteiger partial charge in [-0.3, -0.25) is 9.89 Å². The summed E-state index contributed by atoms with van der Waals surface area (Å²) in [6.45, 7) is 10.2. The van der Waals surface area contributed by atoms with E-state index in [1.165, 1.54) is 0 Å². The summed E-state index contributed by atoms with van der Waals surface area (Å²) in [5, 5.41) is 6.54. The first-order valence-electron chi connectivity index (χ1n) is 9.10. The predicted octanol–water partition coefficient (Wildman–Crippen LogP) is 0.479. The van der Waals surface area contributed by atoms with Crippen molar-refractivity contribution in [3.63, 3.8) is 0 Å². The Morgan fingerprint density at radius 1 is 1.12 bits per heavy atom. The van der Waals surface area contributed by atoms with Crippen molar-refractivity contribution in [3.8, 4) is 0 Å². The Balaban J connectivity index is 2.16. The number of nitrogens with one attached hydrogen (secondary N) is 2. The quantitative estimate of drug-likeness (QED) is 0.316. The molecule has 1 rings (SSSR count). The van der Waals surface area contributed by atoms with Crippen LogP contribution < -0.4 is 10.6 Å². The third-order valence-corrected chi connectivity index (χ3v) is 5.47. The second-order valence-electron chi connectivity index (χ2n) is 6.00. The number of guanidine groups is 1. The largest absolute Gasteiger partial charge is 0.381 e. The van der Waals surface area contributed by atoms with Gasteiger partial charge < -0.3 is 15.4 Å². The molecule has 1 heterocycles. The number of rotatable bonds is 11. The minimum Gasteiger partial charge on any atom is -0.381 e. The number of unbranched alkanes of at least 4 members (excludes halogenated alkanes) is 1. The lowest BCUT2D eigenvalue weighted by atomic mass is 10.4. The van der Waals surface area contributed by atoms with E-state index < -0.39 is 9.84 Å². The van der Waals surface area contributed by atoms with E-state index in [0.29, 0.717) is 13.1 Å². The van der Waals surface area contributed by atoms with Crippen LogP contribution in [0.5, 0.6) is 0 Å². The van der Waals surface area contributed by atoms with E-state index in [0.717, 1.165) is 64.6 Å². The van der Waals surface area contributed by atoms with E-state index in [4.69, 9.17) is 4.74 Å². The average Bonchev–Trinajstić information content (AvgIpc) is 2.55. The van der Waals surface area contributed by atoms with Crippen molar-refractivity contribution < 1.29 is 13.2 Å². The smallest absolute Gasteiger partial charge is 0.191 e. The van der Waals surface area contributed by atoms with Crippen molar-refractivity contribution in [2.24, 2.45) is 4.99 Å². The third kappa shape index (κ3) is 10.1. The molecule has 0 aromatic carbocycles. The predicted molar refractivity (Wildman–Crippen MR) is 99.4 cm³/mol. The van der Waals surface area contributed by atoms with Crippen LogP contribution in [0.4, 0.5) is 0 Å². The Morgan fingerprint density at radius 2 is 1.83 bits per heavy atom. The Labute approximate surface area is 147 Å². The van der Waals surface area contributed by atoms with Crippen LogP contribution in [0.15, 0.2) is 4.99 Å². The van der Waals surface area contributed by atoms with Crippen molar-refractivity contribution >= 4 is 15.8 Å². The van der Waals surface area contributed by atoms with Gasteiger partial charge in [0, 0.05) is 52.5 Å².